The van der Waals surface area contributed by atoms with Crippen molar-refractivity contribution in [1.82, 2.24) is 19.8 Å². The SMILES string of the molecule is CCCN(C1CCc2ccc(OC)cc2C1)C(C1CCNCC1)S(=O)(=O)c1cn(C)cn1. The van der Waals surface area contributed by atoms with Gasteiger partial charge in [-0.15, -0.1) is 0 Å². The lowest BCUT2D eigenvalue weighted by Crippen LogP contribution is -2.54. The average molecular weight is 461 g/mol. The van der Waals surface area contributed by atoms with Gasteiger partial charge in [-0.1, -0.05) is 13.0 Å². The van der Waals surface area contributed by atoms with Gasteiger partial charge < -0.3 is 14.6 Å². The molecule has 2 atom stereocenters. The van der Waals surface area contributed by atoms with Gasteiger partial charge in [-0.05, 0) is 87.3 Å². The number of piperidine rings is 1. The number of methoxy groups -OCH3 is 1. The van der Waals surface area contributed by atoms with E-state index in [0.29, 0.717) is 0 Å². The lowest BCUT2D eigenvalue weighted by molar-refractivity contribution is 0.113. The number of nitrogens with zero attached hydrogens (tertiary/aromatic N) is 3. The number of hydrogen-bond donors (Lipinski definition) is 1. The van der Waals surface area contributed by atoms with Crippen molar-refractivity contribution < 1.29 is 13.2 Å². The van der Waals surface area contributed by atoms with Gasteiger partial charge in [0, 0.05) is 19.3 Å². The predicted octanol–water partition coefficient (Wildman–Crippen LogP) is 2.80. The number of aromatic nitrogens is 2. The molecule has 0 radical (unpaired) electrons. The molecule has 1 aliphatic carbocycles. The molecule has 0 bridgehead atoms. The minimum absolute atomic E-state index is 0.0986. The summed E-state index contributed by atoms with van der Waals surface area (Å²) in [6, 6.07) is 6.49. The molecule has 1 N–H and O–H groups in total. The van der Waals surface area contributed by atoms with Crippen molar-refractivity contribution in [1.29, 1.82) is 0 Å². The summed E-state index contributed by atoms with van der Waals surface area (Å²) in [5, 5.41) is 3.05. The molecule has 1 saturated heterocycles. The predicted molar refractivity (Wildman–Crippen MR) is 126 cm³/mol. The van der Waals surface area contributed by atoms with Gasteiger partial charge >= 0.3 is 0 Å². The summed E-state index contributed by atoms with van der Waals surface area (Å²) in [6.07, 6.45) is 8.67. The van der Waals surface area contributed by atoms with Crippen LogP contribution in [0.4, 0.5) is 0 Å². The second kappa shape index (κ2) is 9.93. The number of rotatable bonds is 8. The van der Waals surface area contributed by atoms with Crippen molar-refractivity contribution in [3.8, 4) is 5.75 Å². The molecule has 0 spiro atoms. The fourth-order valence-corrected chi connectivity index (χ4v) is 7.56. The number of nitrogens with one attached hydrogen (secondary N) is 1. The summed E-state index contributed by atoms with van der Waals surface area (Å²) in [5.41, 5.74) is 2.63. The van der Waals surface area contributed by atoms with Crippen molar-refractivity contribution in [3.63, 3.8) is 0 Å². The first-order chi connectivity index (χ1) is 15.4. The van der Waals surface area contributed by atoms with Gasteiger partial charge in [0.2, 0.25) is 9.84 Å². The molecule has 2 aliphatic rings. The highest BCUT2D eigenvalue weighted by Gasteiger charge is 2.43. The van der Waals surface area contributed by atoms with Gasteiger partial charge in [0.25, 0.3) is 0 Å². The number of hydrogen-bond acceptors (Lipinski definition) is 6. The van der Waals surface area contributed by atoms with Crippen LogP contribution in [0.3, 0.4) is 0 Å². The van der Waals surface area contributed by atoms with Gasteiger partial charge in [-0.2, -0.15) is 0 Å². The molecule has 8 heteroatoms. The van der Waals surface area contributed by atoms with E-state index in [2.05, 4.69) is 34.3 Å². The normalized spacial score (nSPS) is 20.8. The zero-order valence-corrected chi connectivity index (χ0v) is 20.3. The summed E-state index contributed by atoms with van der Waals surface area (Å²) in [5.74, 6) is 0.962. The molecular weight excluding hydrogens is 424 g/mol. The maximum absolute atomic E-state index is 14.0. The van der Waals surface area contributed by atoms with Gasteiger partial charge in [0.1, 0.15) is 11.1 Å². The average Bonchev–Trinajstić information content (AvgIpc) is 3.26. The summed E-state index contributed by atoms with van der Waals surface area (Å²) >= 11 is 0. The molecule has 1 fully saturated rings. The van der Waals surface area contributed by atoms with Crippen molar-refractivity contribution in [2.24, 2.45) is 13.0 Å². The zero-order chi connectivity index (χ0) is 22.7. The molecule has 2 aromatic rings. The Hall–Kier alpha value is -1.90. The first-order valence-corrected chi connectivity index (χ1v) is 13.3. The quantitative estimate of drug-likeness (QED) is 0.653. The van der Waals surface area contributed by atoms with Crippen LogP contribution < -0.4 is 10.1 Å². The van der Waals surface area contributed by atoms with Crippen LogP contribution in [0.2, 0.25) is 0 Å². The molecular formula is C24H36N4O3S. The number of imidazole rings is 1. The van der Waals surface area contributed by atoms with Crippen LogP contribution in [-0.2, 0) is 29.7 Å². The molecule has 7 nitrogen and oxygen atoms in total. The van der Waals surface area contributed by atoms with Gasteiger partial charge in [0.05, 0.1) is 13.4 Å². The first kappa shape index (κ1) is 23.3. The minimum Gasteiger partial charge on any atom is -0.497 e. The first-order valence-electron chi connectivity index (χ1n) is 11.8. The minimum atomic E-state index is -3.60. The lowest BCUT2D eigenvalue weighted by Gasteiger charge is -2.43. The third kappa shape index (κ3) is 4.72. The topological polar surface area (TPSA) is 76.5 Å². The molecule has 0 amide bonds. The number of aryl methyl sites for hydroxylation is 2. The van der Waals surface area contributed by atoms with Gasteiger partial charge in [-0.3, -0.25) is 4.90 Å². The van der Waals surface area contributed by atoms with E-state index in [9.17, 15) is 8.42 Å². The largest absolute Gasteiger partial charge is 0.497 e. The number of benzene rings is 1. The van der Waals surface area contributed by atoms with Crippen molar-refractivity contribution in [3.05, 3.63) is 41.9 Å². The molecule has 1 aromatic carbocycles. The van der Waals surface area contributed by atoms with Gasteiger partial charge in [-0.25, -0.2) is 13.4 Å². The number of ether oxygens (including phenoxy) is 1. The van der Waals surface area contributed by atoms with Crippen LogP contribution in [0.5, 0.6) is 5.75 Å². The maximum Gasteiger partial charge on any atom is 0.213 e. The molecule has 1 aliphatic heterocycles. The van der Waals surface area contributed by atoms with E-state index >= 15 is 0 Å². The van der Waals surface area contributed by atoms with Crippen molar-refractivity contribution in [2.45, 2.75) is 61.9 Å². The molecule has 2 unspecified atom stereocenters. The summed E-state index contributed by atoms with van der Waals surface area (Å²) in [6.45, 7) is 4.64. The Morgan fingerprint density at radius 1 is 1.25 bits per heavy atom. The van der Waals surface area contributed by atoms with E-state index in [4.69, 9.17) is 4.74 Å². The fraction of sp³-hybridized carbons (Fsp3) is 0.625. The maximum atomic E-state index is 14.0. The highest BCUT2D eigenvalue weighted by molar-refractivity contribution is 7.92. The van der Waals surface area contributed by atoms with Crippen molar-refractivity contribution >= 4 is 9.84 Å². The van der Waals surface area contributed by atoms with E-state index in [0.717, 1.165) is 63.9 Å². The second-order valence-corrected chi connectivity index (χ2v) is 11.2. The Kier molecular flexibility index (Phi) is 7.22. The van der Waals surface area contributed by atoms with Crippen LogP contribution in [0, 0.1) is 5.92 Å². The number of sulfone groups is 1. The van der Waals surface area contributed by atoms with Crippen LogP contribution in [0.1, 0.15) is 43.7 Å². The Morgan fingerprint density at radius 3 is 2.69 bits per heavy atom. The van der Waals surface area contributed by atoms with Crippen molar-refractivity contribution in [2.75, 3.05) is 26.7 Å². The summed E-state index contributed by atoms with van der Waals surface area (Å²) < 4.78 is 35.2. The monoisotopic (exact) mass is 460 g/mol. The molecule has 1 aromatic heterocycles. The molecule has 4 rings (SSSR count). The molecule has 32 heavy (non-hydrogen) atoms. The van der Waals surface area contributed by atoms with Crippen LogP contribution in [0.25, 0.3) is 0 Å². The van der Waals surface area contributed by atoms with E-state index in [-0.39, 0.29) is 17.0 Å². The number of fused-ring (bicyclic) bond motifs is 1. The molecule has 2 heterocycles. The van der Waals surface area contributed by atoms with Crippen LogP contribution in [0.15, 0.2) is 35.7 Å². The van der Waals surface area contributed by atoms with Gasteiger partial charge in [0.15, 0.2) is 5.03 Å². The standard InChI is InChI=1S/C24H36N4O3S/c1-4-13-28(21-7-5-18-6-8-22(31-3)15-20(18)14-21)24(19-9-11-25-12-10-19)32(29,30)23-16-27(2)17-26-23/h6,8,15-17,19,21,24-25H,4-5,7,9-14H2,1-3H3. The lowest BCUT2D eigenvalue weighted by atomic mass is 9.86. The van der Waals surface area contributed by atoms with E-state index in [1.54, 1.807) is 24.2 Å². The zero-order valence-electron chi connectivity index (χ0n) is 19.5. The summed E-state index contributed by atoms with van der Waals surface area (Å²) in [4.78, 5) is 6.57. The Balaban J connectivity index is 1.71. The third-order valence-corrected chi connectivity index (χ3v) is 9.06. The van der Waals surface area contributed by atoms with Crippen LogP contribution in [-0.4, -0.2) is 61.0 Å². The fourth-order valence-electron chi connectivity index (χ4n) is 5.39. The molecule has 0 saturated carbocycles. The Morgan fingerprint density at radius 2 is 2.03 bits per heavy atom. The van der Waals surface area contributed by atoms with Crippen LogP contribution >= 0.6 is 0 Å². The Bertz CT molecular complexity index is 1010. The highest BCUT2D eigenvalue weighted by Crippen LogP contribution is 2.35. The van der Waals surface area contributed by atoms with E-state index in [1.807, 2.05) is 13.1 Å². The second-order valence-electron chi connectivity index (χ2n) is 9.17. The highest BCUT2D eigenvalue weighted by atomic mass is 32.2. The molecule has 176 valence electrons. The summed E-state index contributed by atoms with van der Waals surface area (Å²) in [7, 11) is -0.0866. The Labute approximate surface area is 192 Å². The van der Waals surface area contributed by atoms with E-state index < -0.39 is 15.2 Å². The smallest absolute Gasteiger partial charge is 0.213 e. The third-order valence-electron chi connectivity index (χ3n) is 6.97. The van der Waals surface area contributed by atoms with E-state index in [1.165, 1.54) is 11.1 Å².